The molecule has 0 aromatic heterocycles. The standard InChI is InChI=1S/C10H10O.ClH/c11-8-10(6-7-10)9-4-2-1-3-5-9;/h1-5,8H,6-7H2;1H. The van der Waals surface area contributed by atoms with Crippen molar-refractivity contribution in [2.75, 3.05) is 0 Å². The zero-order chi connectivity index (χ0) is 7.73. The van der Waals surface area contributed by atoms with Crippen LogP contribution in [0.3, 0.4) is 0 Å². The molecular formula is C10H11ClO. The van der Waals surface area contributed by atoms with Crippen molar-refractivity contribution in [3.05, 3.63) is 35.9 Å². The average Bonchev–Trinajstić information content (AvgIpc) is 2.86. The summed E-state index contributed by atoms with van der Waals surface area (Å²) in [6.07, 6.45) is 3.14. The molecule has 1 aliphatic rings. The molecule has 1 fully saturated rings. The minimum absolute atomic E-state index is 0. The lowest BCUT2D eigenvalue weighted by Gasteiger charge is -2.04. The van der Waals surface area contributed by atoms with Gasteiger partial charge in [0.25, 0.3) is 0 Å². The first kappa shape index (κ1) is 9.27. The lowest BCUT2D eigenvalue weighted by Crippen LogP contribution is -2.06. The van der Waals surface area contributed by atoms with Gasteiger partial charge in [0.15, 0.2) is 0 Å². The van der Waals surface area contributed by atoms with Crippen molar-refractivity contribution in [3.8, 4) is 0 Å². The molecule has 12 heavy (non-hydrogen) atoms. The molecule has 0 atom stereocenters. The van der Waals surface area contributed by atoms with Gasteiger partial charge in [0.2, 0.25) is 0 Å². The van der Waals surface area contributed by atoms with E-state index in [2.05, 4.69) is 0 Å². The quantitative estimate of drug-likeness (QED) is 0.642. The first-order valence-corrected chi connectivity index (χ1v) is 3.89. The summed E-state index contributed by atoms with van der Waals surface area (Å²) >= 11 is 0. The molecule has 0 heterocycles. The molecule has 0 saturated heterocycles. The highest BCUT2D eigenvalue weighted by Gasteiger charge is 2.43. The van der Waals surface area contributed by atoms with Crippen LogP contribution in [0.25, 0.3) is 0 Å². The second kappa shape index (κ2) is 3.28. The number of benzene rings is 1. The maximum Gasteiger partial charge on any atom is 0.130 e. The average molecular weight is 183 g/mol. The molecule has 1 aromatic carbocycles. The monoisotopic (exact) mass is 182 g/mol. The van der Waals surface area contributed by atoms with Gasteiger partial charge in [-0.05, 0) is 18.4 Å². The van der Waals surface area contributed by atoms with Crippen LogP contribution < -0.4 is 0 Å². The minimum Gasteiger partial charge on any atom is -0.302 e. The summed E-state index contributed by atoms with van der Waals surface area (Å²) in [5, 5.41) is 0. The van der Waals surface area contributed by atoms with Gasteiger partial charge in [0.05, 0.1) is 5.41 Å². The number of hydrogen-bond acceptors (Lipinski definition) is 1. The van der Waals surface area contributed by atoms with E-state index in [1.807, 2.05) is 30.3 Å². The number of hydrogen-bond donors (Lipinski definition) is 0. The number of rotatable bonds is 2. The molecule has 1 nitrogen and oxygen atoms in total. The van der Waals surface area contributed by atoms with Crippen LogP contribution >= 0.6 is 12.4 Å². The molecule has 1 aromatic rings. The van der Waals surface area contributed by atoms with E-state index in [4.69, 9.17) is 0 Å². The van der Waals surface area contributed by atoms with Crippen molar-refractivity contribution < 1.29 is 4.79 Å². The van der Waals surface area contributed by atoms with Crippen LogP contribution in [0.2, 0.25) is 0 Å². The lowest BCUT2D eigenvalue weighted by molar-refractivity contribution is -0.109. The highest BCUT2D eigenvalue weighted by atomic mass is 35.5. The fourth-order valence-electron chi connectivity index (χ4n) is 1.38. The van der Waals surface area contributed by atoms with E-state index in [0.717, 1.165) is 19.1 Å². The third-order valence-electron chi connectivity index (χ3n) is 2.36. The van der Waals surface area contributed by atoms with E-state index in [0.29, 0.717) is 0 Å². The van der Waals surface area contributed by atoms with Gasteiger partial charge in [-0.15, -0.1) is 12.4 Å². The molecule has 2 heteroatoms. The lowest BCUT2D eigenvalue weighted by atomic mass is 9.98. The molecule has 0 unspecified atom stereocenters. The molecule has 0 N–H and O–H groups in total. The second-order valence-electron chi connectivity index (χ2n) is 3.14. The molecule has 64 valence electrons. The summed E-state index contributed by atoms with van der Waals surface area (Å²) < 4.78 is 0. The summed E-state index contributed by atoms with van der Waals surface area (Å²) in [7, 11) is 0. The third-order valence-corrected chi connectivity index (χ3v) is 2.36. The largest absolute Gasteiger partial charge is 0.302 e. The van der Waals surface area contributed by atoms with Crippen LogP contribution in [0.4, 0.5) is 0 Å². The first-order valence-electron chi connectivity index (χ1n) is 3.89. The Morgan fingerprint density at radius 1 is 1.17 bits per heavy atom. The Balaban J connectivity index is 0.000000720. The highest BCUT2D eigenvalue weighted by Crippen LogP contribution is 2.45. The van der Waals surface area contributed by atoms with Crippen LogP contribution in [-0.2, 0) is 10.2 Å². The second-order valence-corrected chi connectivity index (χ2v) is 3.14. The summed E-state index contributed by atoms with van der Waals surface area (Å²) in [6.45, 7) is 0. The van der Waals surface area contributed by atoms with E-state index in [1.165, 1.54) is 5.56 Å². The highest BCUT2D eigenvalue weighted by molar-refractivity contribution is 5.85. The molecule has 0 radical (unpaired) electrons. The van der Waals surface area contributed by atoms with E-state index in [1.54, 1.807) is 0 Å². The smallest absolute Gasteiger partial charge is 0.130 e. The van der Waals surface area contributed by atoms with Crippen LogP contribution in [0.15, 0.2) is 30.3 Å². The van der Waals surface area contributed by atoms with Gasteiger partial charge in [-0.25, -0.2) is 0 Å². The zero-order valence-corrected chi connectivity index (χ0v) is 7.51. The Labute approximate surface area is 78.2 Å². The number of carbonyl (C=O) groups is 1. The maximum atomic E-state index is 10.7. The molecule has 1 saturated carbocycles. The summed E-state index contributed by atoms with van der Waals surface area (Å²) in [5.41, 5.74) is 1.08. The number of aldehydes is 1. The van der Waals surface area contributed by atoms with Crippen molar-refractivity contribution in [2.45, 2.75) is 18.3 Å². The van der Waals surface area contributed by atoms with Gasteiger partial charge in [0, 0.05) is 0 Å². The summed E-state index contributed by atoms with van der Waals surface area (Å²) in [5.74, 6) is 0. The van der Waals surface area contributed by atoms with Gasteiger partial charge in [0.1, 0.15) is 6.29 Å². The van der Waals surface area contributed by atoms with Crippen molar-refractivity contribution >= 4 is 18.7 Å². The van der Waals surface area contributed by atoms with E-state index >= 15 is 0 Å². The van der Waals surface area contributed by atoms with Crippen LogP contribution in [0.1, 0.15) is 18.4 Å². The molecule has 1 aliphatic carbocycles. The molecular weight excluding hydrogens is 172 g/mol. The Morgan fingerprint density at radius 2 is 1.75 bits per heavy atom. The normalized spacial score (nSPS) is 17.7. The summed E-state index contributed by atoms with van der Waals surface area (Å²) in [6, 6.07) is 10.0. The number of carbonyl (C=O) groups excluding carboxylic acids is 1. The molecule has 0 aliphatic heterocycles. The van der Waals surface area contributed by atoms with Gasteiger partial charge in [-0.2, -0.15) is 0 Å². The topological polar surface area (TPSA) is 17.1 Å². The van der Waals surface area contributed by atoms with Gasteiger partial charge < -0.3 is 4.79 Å². The summed E-state index contributed by atoms with van der Waals surface area (Å²) in [4.78, 5) is 10.7. The minimum atomic E-state index is -0.0960. The molecule has 0 amide bonds. The fraction of sp³-hybridized carbons (Fsp3) is 0.300. The predicted octanol–water partition coefficient (Wildman–Crippen LogP) is 2.34. The van der Waals surface area contributed by atoms with Crippen molar-refractivity contribution in [1.29, 1.82) is 0 Å². The van der Waals surface area contributed by atoms with Crippen molar-refractivity contribution in [1.82, 2.24) is 0 Å². The predicted molar refractivity (Wildman–Crippen MR) is 50.7 cm³/mol. The maximum absolute atomic E-state index is 10.7. The van der Waals surface area contributed by atoms with E-state index in [9.17, 15) is 4.79 Å². The Hall–Kier alpha value is -0.820. The van der Waals surface area contributed by atoms with Gasteiger partial charge in [-0.3, -0.25) is 0 Å². The van der Waals surface area contributed by atoms with Crippen molar-refractivity contribution in [3.63, 3.8) is 0 Å². The van der Waals surface area contributed by atoms with Crippen LogP contribution in [0, 0.1) is 0 Å². The van der Waals surface area contributed by atoms with Crippen LogP contribution in [-0.4, -0.2) is 6.29 Å². The first-order chi connectivity index (χ1) is 5.37. The Bertz CT molecular complexity index is 264. The van der Waals surface area contributed by atoms with Crippen molar-refractivity contribution in [2.24, 2.45) is 0 Å². The van der Waals surface area contributed by atoms with Gasteiger partial charge in [-0.1, -0.05) is 30.3 Å². The Kier molecular flexibility index (Phi) is 2.53. The van der Waals surface area contributed by atoms with Crippen LogP contribution in [0.5, 0.6) is 0 Å². The molecule has 0 spiro atoms. The number of halogens is 1. The van der Waals surface area contributed by atoms with E-state index in [-0.39, 0.29) is 17.8 Å². The molecule has 2 rings (SSSR count). The zero-order valence-electron chi connectivity index (χ0n) is 6.69. The van der Waals surface area contributed by atoms with Gasteiger partial charge >= 0.3 is 0 Å². The third kappa shape index (κ3) is 1.37. The fourth-order valence-corrected chi connectivity index (χ4v) is 1.38. The Morgan fingerprint density at radius 3 is 2.17 bits per heavy atom. The SMILES string of the molecule is Cl.O=CC1(c2ccccc2)CC1. The van der Waals surface area contributed by atoms with E-state index < -0.39 is 0 Å². The molecule has 0 bridgehead atoms.